The summed E-state index contributed by atoms with van der Waals surface area (Å²) in [7, 11) is 4.96. The van der Waals surface area contributed by atoms with Crippen molar-refractivity contribution in [1.29, 1.82) is 0 Å². The summed E-state index contributed by atoms with van der Waals surface area (Å²) in [6, 6.07) is 13.0. The molecule has 28 heavy (non-hydrogen) atoms. The summed E-state index contributed by atoms with van der Waals surface area (Å²) in [5.41, 5.74) is 1.68. The lowest BCUT2D eigenvalue weighted by Gasteiger charge is -2.22. The van der Waals surface area contributed by atoms with Gasteiger partial charge in [0.2, 0.25) is 11.8 Å². The number of amides is 2. The van der Waals surface area contributed by atoms with E-state index < -0.39 is 0 Å². The molecule has 0 spiro atoms. The molecular weight excluding hydrogens is 424 g/mol. The Labute approximate surface area is 173 Å². The molecule has 0 aliphatic carbocycles. The van der Waals surface area contributed by atoms with Crippen LogP contribution in [0.15, 0.2) is 46.9 Å². The van der Waals surface area contributed by atoms with Gasteiger partial charge in [0.1, 0.15) is 11.5 Å². The molecule has 2 aromatic rings. The van der Waals surface area contributed by atoms with Crippen LogP contribution in [0.2, 0.25) is 0 Å². The van der Waals surface area contributed by atoms with Crippen molar-refractivity contribution in [3.63, 3.8) is 0 Å². The molecule has 2 aromatic carbocycles. The highest BCUT2D eigenvalue weighted by molar-refractivity contribution is 9.10. The molecule has 0 bridgehead atoms. The smallest absolute Gasteiger partial charge is 0.228 e. The molecule has 0 N–H and O–H groups in total. The van der Waals surface area contributed by atoms with Crippen LogP contribution in [0.3, 0.4) is 0 Å². The van der Waals surface area contributed by atoms with E-state index in [1.54, 1.807) is 31.1 Å². The Morgan fingerprint density at radius 1 is 1.18 bits per heavy atom. The Morgan fingerprint density at radius 3 is 2.54 bits per heavy atom. The molecule has 1 saturated heterocycles. The molecule has 1 atom stereocenters. The van der Waals surface area contributed by atoms with E-state index in [1.807, 2.05) is 42.5 Å². The SMILES string of the molecule is COc1ccc(N2CC(C(=O)N(C)Cc3cc(Br)ccc3OC)CC2=O)cc1. The highest BCUT2D eigenvalue weighted by atomic mass is 79.9. The van der Waals surface area contributed by atoms with E-state index in [4.69, 9.17) is 9.47 Å². The van der Waals surface area contributed by atoms with E-state index in [2.05, 4.69) is 15.9 Å². The summed E-state index contributed by atoms with van der Waals surface area (Å²) < 4.78 is 11.5. The molecule has 1 aliphatic heterocycles. The minimum absolute atomic E-state index is 0.0445. The van der Waals surface area contributed by atoms with Gasteiger partial charge < -0.3 is 19.3 Å². The molecule has 0 saturated carbocycles. The number of rotatable bonds is 6. The van der Waals surface area contributed by atoms with E-state index in [-0.39, 0.29) is 24.2 Å². The van der Waals surface area contributed by atoms with Crippen LogP contribution in [0.1, 0.15) is 12.0 Å². The van der Waals surface area contributed by atoms with Crippen molar-refractivity contribution in [1.82, 2.24) is 4.90 Å². The Bertz CT molecular complexity index is 869. The molecule has 0 radical (unpaired) electrons. The van der Waals surface area contributed by atoms with Gasteiger partial charge in [-0.3, -0.25) is 9.59 Å². The lowest BCUT2D eigenvalue weighted by atomic mass is 10.1. The quantitative estimate of drug-likeness (QED) is 0.681. The van der Waals surface area contributed by atoms with E-state index in [0.29, 0.717) is 13.1 Å². The molecule has 6 nitrogen and oxygen atoms in total. The first kappa shape index (κ1) is 20.2. The van der Waals surface area contributed by atoms with Crippen molar-refractivity contribution < 1.29 is 19.1 Å². The first-order valence-electron chi connectivity index (χ1n) is 8.94. The number of anilines is 1. The van der Waals surface area contributed by atoms with Gasteiger partial charge in [0.15, 0.2) is 0 Å². The second kappa shape index (κ2) is 8.65. The highest BCUT2D eigenvalue weighted by Gasteiger charge is 2.36. The van der Waals surface area contributed by atoms with Crippen LogP contribution in [0.25, 0.3) is 0 Å². The molecule has 7 heteroatoms. The standard InChI is InChI=1S/C21H23BrN2O4/c1-23(12-14-10-16(22)4-9-19(14)28-3)21(26)15-11-20(25)24(13-15)17-5-7-18(27-2)8-6-17/h4-10,15H,11-13H2,1-3H3. The molecule has 0 aromatic heterocycles. The zero-order valence-corrected chi connectivity index (χ0v) is 17.7. The number of benzene rings is 2. The van der Waals surface area contributed by atoms with Crippen LogP contribution in [0, 0.1) is 5.92 Å². The summed E-state index contributed by atoms with van der Waals surface area (Å²) in [6.07, 6.45) is 0.213. The van der Waals surface area contributed by atoms with Gasteiger partial charge in [-0.25, -0.2) is 0 Å². The lowest BCUT2D eigenvalue weighted by molar-refractivity contribution is -0.135. The number of carbonyl (C=O) groups is 2. The normalized spacial score (nSPS) is 16.2. The summed E-state index contributed by atoms with van der Waals surface area (Å²) >= 11 is 3.45. The Morgan fingerprint density at radius 2 is 1.89 bits per heavy atom. The molecule has 1 unspecified atom stereocenters. The number of halogens is 1. The maximum atomic E-state index is 12.9. The second-order valence-electron chi connectivity index (χ2n) is 6.75. The summed E-state index contributed by atoms with van der Waals surface area (Å²) in [4.78, 5) is 28.7. The van der Waals surface area contributed by atoms with Gasteiger partial charge in [0, 0.05) is 42.3 Å². The van der Waals surface area contributed by atoms with Gasteiger partial charge in [0.25, 0.3) is 0 Å². The summed E-state index contributed by atoms with van der Waals surface area (Å²) in [5, 5.41) is 0. The number of hydrogen-bond donors (Lipinski definition) is 0. The molecule has 1 fully saturated rings. The average molecular weight is 447 g/mol. The van der Waals surface area contributed by atoms with Crippen LogP contribution in [0.4, 0.5) is 5.69 Å². The van der Waals surface area contributed by atoms with E-state index in [0.717, 1.165) is 27.2 Å². The van der Waals surface area contributed by atoms with Gasteiger partial charge in [0.05, 0.1) is 20.1 Å². The lowest BCUT2D eigenvalue weighted by Crippen LogP contribution is -2.34. The number of hydrogen-bond acceptors (Lipinski definition) is 4. The number of methoxy groups -OCH3 is 2. The Balaban J connectivity index is 1.69. The predicted molar refractivity (Wildman–Crippen MR) is 111 cm³/mol. The van der Waals surface area contributed by atoms with Crippen LogP contribution >= 0.6 is 15.9 Å². The molecule has 1 aliphatic rings. The fourth-order valence-electron chi connectivity index (χ4n) is 3.40. The molecular formula is C21H23BrN2O4. The number of ether oxygens (including phenoxy) is 2. The van der Waals surface area contributed by atoms with Gasteiger partial charge in [-0.2, -0.15) is 0 Å². The monoisotopic (exact) mass is 446 g/mol. The van der Waals surface area contributed by atoms with E-state index >= 15 is 0 Å². The van der Waals surface area contributed by atoms with E-state index in [9.17, 15) is 9.59 Å². The van der Waals surface area contributed by atoms with Crippen molar-refractivity contribution in [2.45, 2.75) is 13.0 Å². The van der Waals surface area contributed by atoms with E-state index in [1.165, 1.54) is 0 Å². The zero-order valence-electron chi connectivity index (χ0n) is 16.1. The molecule has 1 heterocycles. The van der Waals surface area contributed by atoms with Gasteiger partial charge in [-0.05, 0) is 42.5 Å². The highest BCUT2D eigenvalue weighted by Crippen LogP contribution is 2.29. The molecule has 148 valence electrons. The van der Waals surface area contributed by atoms with Crippen LogP contribution < -0.4 is 14.4 Å². The van der Waals surface area contributed by atoms with Crippen LogP contribution in [0.5, 0.6) is 11.5 Å². The fourth-order valence-corrected chi connectivity index (χ4v) is 3.81. The van der Waals surface area contributed by atoms with Crippen molar-refractivity contribution in [3.05, 3.63) is 52.5 Å². The minimum atomic E-state index is -0.363. The average Bonchev–Trinajstić information content (AvgIpc) is 3.09. The van der Waals surface area contributed by atoms with Gasteiger partial charge >= 0.3 is 0 Å². The zero-order chi connectivity index (χ0) is 20.3. The van der Waals surface area contributed by atoms with Crippen molar-refractivity contribution in [3.8, 4) is 11.5 Å². The number of carbonyl (C=O) groups excluding carboxylic acids is 2. The van der Waals surface area contributed by atoms with Gasteiger partial charge in [-0.1, -0.05) is 15.9 Å². The summed E-state index contributed by atoms with van der Waals surface area (Å²) in [5.74, 6) is 0.997. The topological polar surface area (TPSA) is 59.1 Å². The van der Waals surface area contributed by atoms with Crippen LogP contribution in [-0.2, 0) is 16.1 Å². The first-order valence-corrected chi connectivity index (χ1v) is 9.74. The third-order valence-corrected chi connectivity index (χ3v) is 5.38. The van der Waals surface area contributed by atoms with Crippen molar-refractivity contribution in [2.24, 2.45) is 5.92 Å². The summed E-state index contributed by atoms with van der Waals surface area (Å²) in [6.45, 7) is 0.790. The maximum Gasteiger partial charge on any atom is 0.228 e. The first-order chi connectivity index (χ1) is 13.4. The molecule has 2 amide bonds. The number of nitrogens with zero attached hydrogens (tertiary/aromatic N) is 2. The third kappa shape index (κ3) is 4.30. The van der Waals surface area contributed by atoms with Crippen molar-refractivity contribution >= 4 is 33.4 Å². The fraction of sp³-hybridized carbons (Fsp3) is 0.333. The molecule has 3 rings (SSSR count). The maximum absolute atomic E-state index is 12.9. The Kier molecular flexibility index (Phi) is 6.24. The predicted octanol–water partition coefficient (Wildman–Crippen LogP) is 3.48. The third-order valence-electron chi connectivity index (χ3n) is 4.88. The van der Waals surface area contributed by atoms with Gasteiger partial charge in [-0.15, -0.1) is 0 Å². The second-order valence-corrected chi connectivity index (χ2v) is 7.67. The largest absolute Gasteiger partial charge is 0.497 e. The Hall–Kier alpha value is -2.54. The minimum Gasteiger partial charge on any atom is -0.497 e. The van der Waals surface area contributed by atoms with Crippen LogP contribution in [-0.4, -0.2) is 44.5 Å². The van der Waals surface area contributed by atoms with Crippen molar-refractivity contribution in [2.75, 3.05) is 32.7 Å².